The minimum absolute atomic E-state index is 0.0297. The Bertz CT molecular complexity index is 1450. The summed E-state index contributed by atoms with van der Waals surface area (Å²) in [4.78, 5) is 29.3. The largest absolute Gasteiger partial charge is 0.489 e. The second kappa shape index (κ2) is 12.1. The Kier molecular flexibility index (Phi) is 8.64. The summed E-state index contributed by atoms with van der Waals surface area (Å²) < 4.78 is 5.65. The van der Waals surface area contributed by atoms with Gasteiger partial charge >= 0.3 is 0 Å². The van der Waals surface area contributed by atoms with Crippen LogP contribution in [0.3, 0.4) is 0 Å². The van der Waals surface area contributed by atoms with Gasteiger partial charge in [0.05, 0.1) is 22.3 Å². The number of hydrogen-bond donors (Lipinski definition) is 2. The average Bonchev–Trinajstić information content (AvgIpc) is 2.88. The molecule has 38 heavy (non-hydrogen) atoms. The fourth-order valence-corrected chi connectivity index (χ4v) is 4.58. The summed E-state index contributed by atoms with van der Waals surface area (Å²) in [6, 6.07) is 23.0. The van der Waals surface area contributed by atoms with Gasteiger partial charge in [0, 0.05) is 29.0 Å². The Labute approximate surface area is 228 Å². The number of aryl methyl sites for hydroxylation is 1. The van der Waals surface area contributed by atoms with Crippen molar-refractivity contribution in [2.75, 3.05) is 0 Å². The smallest absolute Gasteiger partial charge is 0.251 e. The molecule has 7 heteroatoms. The molecule has 0 spiro atoms. The number of fused-ring (bicyclic) bond motifs is 1. The Morgan fingerprint density at radius 3 is 2.47 bits per heavy atom. The van der Waals surface area contributed by atoms with Gasteiger partial charge in [-0.3, -0.25) is 9.59 Å². The molecule has 3 N–H and O–H groups in total. The highest BCUT2D eigenvalue weighted by molar-refractivity contribution is 6.32. The second-order valence-electron chi connectivity index (χ2n) is 9.73. The summed E-state index contributed by atoms with van der Waals surface area (Å²) in [5.74, 6) is -0.153. The van der Waals surface area contributed by atoms with Gasteiger partial charge in [0.25, 0.3) is 5.91 Å². The summed E-state index contributed by atoms with van der Waals surface area (Å²) in [5, 5.41) is 4.52. The van der Waals surface area contributed by atoms with Crippen LogP contribution in [0.2, 0.25) is 5.02 Å². The number of rotatable bonds is 10. The fraction of sp³-hybridized carbons (Fsp3) is 0.258. The standard InChI is InChI=1S/C31H32ClN3O3/c1-19(2)38-28-15-12-24(18-26(28)32)31(37)34-25(13-16-29(33)36)17-21-7-9-22(10-8-21)27-14-11-23-6-4-5-20(3)30(23)35-27/h4-12,14-15,18-19,25H,13,16-17H2,1-3H3,(H2,33,36)(H,34,37). The van der Waals surface area contributed by atoms with Crippen molar-refractivity contribution in [1.29, 1.82) is 0 Å². The van der Waals surface area contributed by atoms with Gasteiger partial charge < -0.3 is 15.8 Å². The van der Waals surface area contributed by atoms with E-state index in [2.05, 4.69) is 30.4 Å². The van der Waals surface area contributed by atoms with Crippen LogP contribution in [0.15, 0.2) is 72.8 Å². The molecule has 0 radical (unpaired) electrons. The molecule has 4 rings (SSSR count). The highest BCUT2D eigenvalue weighted by Gasteiger charge is 2.17. The maximum atomic E-state index is 13.0. The van der Waals surface area contributed by atoms with Gasteiger partial charge in [0.1, 0.15) is 5.75 Å². The number of nitrogens with two attached hydrogens (primary N) is 1. The summed E-state index contributed by atoms with van der Waals surface area (Å²) in [6.07, 6.45) is 1.12. The van der Waals surface area contributed by atoms with Crippen LogP contribution in [0.5, 0.6) is 5.75 Å². The molecule has 1 heterocycles. The topological polar surface area (TPSA) is 94.3 Å². The van der Waals surface area contributed by atoms with Crippen molar-refractivity contribution in [3.63, 3.8) is 0 Å². The monoisotopic (exact) mass is 529 g/mol. The number of ether oxygens (including phenoxy) is 1. The number of pyridine rings is 1. The first-order chi connectivity index (χ1) is 18.2. The van der Waals surface area contributed by atoms with Crippen LogP contribution < -0.4 is 15.8 Å². The van der Waals surface area contributed by atoms with Gasteiger partial charge in [-0.25, -0.2) is 4.98 Å². The molecule has 0 aliphatic rings. The van der Waals surface area contributed by atoms with Gasteiger partial charge in [-0.15, -0.1) is 0 Å². The molecule has 0 aliphatic heterocycles. The summed E-state index contributed by atoms with van der Waals surface area (Å²) in [7, 11) is 0. The number of hydrogen-bond acceptors (Lipinski definition) is 4. The lowest BCUT2D eigenvalue weighted by molar-refractivity contribution is -0.118. The van der Waals surface area contributed by atoms with E-state index in [1.165, 1.54) is 0 Å². The van der Waals surface area contributed by atoms with Crippen LogP contribution in [0, 0.1) is 6.92 Å². The molecule has 0 bridgehead atoms. The van der Waals surface area contributed by atoms with Gasteiger partial charge in [-0.1, -0.05) is 60.1 Å². The number of nitrogens with zero attached hydrogens (tertiary/aromatic N) is 1. The van der Waals surface area contributed by atoms with Crippen molar-refractivity contribution < 1.29 is 14.3 Å². The molecule has 6 nitrogen and oxygen atoms in total. The van der Waals surface area contributed by atoms with E-state index in [0.717, 1.165) is 33.3 Å². The van der Waals surface area contributed by atoms with E-state index in [1.54, 1.807) is 18.2 Å². The minimum atomic E-state index is -0.407. The maximum absolute atomic E-state index is 13.0. The number of carbonyl (C=O) groups excluding carboxylic acids is 2. The molecule has 1 unspecified atom stereocenters. The number of carbonyl (C=O) groups is 2. The third-order valence-corrected chi connectivity index (χ3v) is 6.58. The molecular weight excluding hydrogens is 498 g/mol. The number of para-hydroxylation sites is 1. The van der Waals surface area contributed by atoms with Gasteiger partial charge in [0.15, 0.2) is 0 Å². The van der Waals surface area contributed by atoms with Crippen molar-refractivity contribution >= 4 is 34.3 Å². The molecule has 0 saturated carbocycles. The number of primary amides is 1. The van der Waals surface area contributed by atoms with Crippen LogP contribution in [-0.2, 0) is 11.2 Å². The first-order valence-corrected chi connectivity index (χ1v) is 13.1. The van der Waals surface area contributed by atoms with E-state index in [-0.39, 0.29) is 24.5 Å². The first kappa shape index (κ1) is 27.1. The quantitative estimate of drug-likeness (QED) is 0.253. The van der Waals surface area contributed by atoms with E-state index >= 15 is 0 Å². The number of benzene rings is 3. The van der Waals surface area contributed by atoms with Crippen molar-refractivity contribution in [2.24, 2.45) is 5.73 Å². The van der Waals surface area contributed by atoms with Crippen molar-refractivity contribution in [2.45, 2.75) is 52.2 Å². The molecule has 0 fully saturated rings. The summed E-state index contributed by atoms with van der Waals surface area (Å²) in [5.41, 5.74) is 10.9. The van der Waals surface area contributed by atoms with Crippen LogP contribution in [0.1, 0.15) is 48.2 Å². The molecule has 0 saturated heterocycles. The van der Waals surface area contributed by atoms with Crippen molar-refractivity contribution in [3.05, 3.63) is 94.5 Å². The Morgan fingerprint density at radius 2 is 1.79 bits per heavy atom. The molecular formula is C31H32ClN3O3. The minimum Gasteiger partial charge on any atom is -0.489 e. The van der Waals surface area contributed by atoms with E-state index < -0.39 is 5.91 Å². The number of halogens is 1. The third kappa shape index (κ3) is 6.90. The predicted octanol–water partition coefficient (Wildman–Crippen LogP) is 6.26. The number of amides is 2. The highest BCUT2D eigenvalue weighted by atomic mass is 35.5. The normalized spacial score (nSPS) is 11.9. The van der Waals surface area contributed by atoms with Gasteiger partial charge in [0.2, 0.25) is 5.91 Å². The fourth-order valence-electron chi connectivity index (χ4n) is 4.35. The first-order valence-electron chi connectivity index (χ1n) is 12.7. The van der Waals surface area contributed by atoms with Crippen LogP contribution in [0.4, 0.5) is 0 Å². The molecule has 1 aromatic heterocycles. The maximum Gasteiger partial charge on any atom is 0.251 e. The van der Waals surface area contributed by atoms with Gasteiger partial charge in [-0.05, 0) is 69.0 Å². The van der Waals surface area contributed by atoms with E-state index in [9.17, 15) is 9.59 Å². The van der Waals surface area contributed by atoms with Crippen LogP contribution >= 0.6 is 11.6 Å². The number of aromatic nitrogens is 1. The second-order valence-corrected chi connectivity index (χ2v) is 10.1. The molecule has 3 aromatic carbocycles. The predicted molar refractivity (Wildman–Crippen MR) is 153 cm³/mol. The number of nitrogens with one attached hydrogen (secondary N) is 1. The molecule has 0 aliphatic carbocycles. The lowest BCUT2D eigenvalue weighted by atomic mass is 9.99. The van der Waals surface area contributed by atoms with E-state index in [1.807, 2.05) is 50.2 Å². The SMILES string of the molecule is Cc1cccc2ccc(-c3ccc(CC(CCC(N)=O)NC(=O)c4ccc(OC(C)C)c(Cl)c4)cc3)nc12. The van der Waals surface area contributed by atoms with Crippen LogP contribution in [-0.4, -0.2) is 28.9 Å². The molecule has 4 aromatic rings. The van der Waals surface area contributed by atoms with Crippen molar-refractivity contribution in [1.82, 2.24) is 10.3 Å². The van der Waals surface area contributed by atoms with Crippen molar-refractivity contribution in [3.8, 4) is 17.0 Å². The van der Waals surface area contributed by atoms with E-state index in [0.29, 0.717) is 29.2 Å². The zero-order valence-electron chi connectivity index (χ0n) is 21.8. The van der Waals surface area contributed by atoms with Crippen LogP contribution in [0.25, 0.3) is 22.2 Å². The zero-order chi connectivity index (χ0) is 27.2. The molecule has 196 valence electrons. The summed E-state index contributed by atoms with van der Waals surface area (Å²) >= 11 is 6.32. The lowest BCUT2D eigenvalue weighted by Gasteiger charge is -2.19. The van der Waals surface area contributed by atoms with Gasteiger partial charge in [-0.2, -0.15) is 0 Å². The zero-order valence-corrected chi connectivity index (χ0v) is 22.6. The Hall–Kier alpha value is -3.90. The highest BCUT2D eigenvalue weighted by Crippen LogP contribution is 2.27. The lowest BCUT2D eigenvalue weighted by Crippen LogP contribution is -2.37. The Balaban J connectivity index is 1.48. The summed E-state index contributed by atoms with van der Waals surface area (Å²) in [6.45, 7) is 5.88. The van der Waals surface area contributed by atoms with E-state index in [4.69, 9.17) is 27.1 Å². The average molecular weight is 530 g/mol. The molecule has 2 amide bonds. The Morgan fingerprint density at radius 1 is 1.03 bits per heavy atom. The third-order valence-electron chi connectivity index (χ3n) is 6.28. The molecule has 1 atom stereocenters.